The number of carbonyl (C=O) groups excluding carboxylic acids is 2. The molecule has 9 heteroatoms. The summed E-state index contributed by atoms with van der Waals surface area (Å²) >= 11 is 0. The lowest BCUT2D eigenvalue weighted by atomic mass is 10.1. The number of ether oxygens (including phenoxy) is 1. The van der Waals surface area contributed by atoms with Crippen molar-refractivity contribution >= 4 is 29.4 Å². The summed E-state index contributed by atoms with van der Waals surface area (Å²) in [5.74, 6) is -0.560. The molecule has 0 atom stereocenters. The van der Waals surface area contributed by atoms with Crippen LogP contribution in [0.3, 0.4) is 0 Å². The van der Waals surface area contributed by atoms with Gasteiger partial charge < -0.3 is 15.0 Å². The van der Waals surface area contributed by atoms with Gasteiger partial charge in [-0.3, -0.25) is 20.2 Å². The Hall–Kier alpha value is -2.94. The van der Waals surface area contributed by atoms with Crippen LogP contribution >= 0.6 is 0 Å². The standard InChI is InChI=1S/C14H14N4O5/c19-13-10(15-14(20)16-13)7-9-1-2-11(12(8-9)18(21)22)17-3-5-23-6-4-17/h1-2,7-8H,3-6H2,(H2,15,16,19,20)/b10-7-. The van der Waals surface area contributed by atoms with Gasteiger partial charge in [-0.1, -0.05) is 6.07 Å². The van der Waals surface area contributed by atoms with Gasteiger partial charge in [0.25, 0.3) is 11.6 Å². The molecule has 0 unspecified atom stereocenters. The lowest BCUT2D eigenvalue weighted by molar-refractivity contribution is -0.384. The summed E-state index contributed by atoms with van der Waals surface area (Å²) in [6, 6.07) is 4.09. The Labute approximate surface area is 131 Å². The number of rotatable bonds is 3. The predicted molar refractivity (Wildman–Crippen MR) is 80.8 cm³/mol. The van der Waals surface area contributed by atoms with Gasteiger partial charge in [-0.05, 0) is 17.7 Å². The molecule has 23 heavy (non-hydrogen) atoms. The van der Waals surface area contributed by atoms with Gasteiger partial charge in [0.2, 0.25) is 0 Å². The number of benzene rings is 1. The molecule has 0 saturated carbocycles. The van der Waals surface area contributed by atoms with E-state index in [1.54, 1.807) is 12.1 Å². The van der Waals surface area contributed by atoms with Gasteiger partial charge in [-0.25, -0.2) is 4.79 Å². The van der Waals surface area contributed by atoms with E-state index in [1.807, 2.05) is 4.90 Å². The number of nitro benzene ring substituents is 1. The average molecular weight is 318 g/mol. The largest absolute Gasteiger partial charge is 0.378 e. The van der Waals surface area contributed by atoms with E-state index in [0.717, 1.165) is 0 Å². The van der Waals surface area contributed by atoms with Crippen LogP contribution in [0.1, 0.15) is 5.56 Å². The van der Waals surface area contributed by atoms with Crippen molar-refractivity contribution in [2.75, 3.05) is 31.2 Å². The van der Waals surface area contributed by atoms with Gasteiger partial charge in [0.05, 0.1) is 18.1 Å². The highest BCUT2D eigenvalue weighted by Gasteiger charge is 2.24. The maximum absolute atomic E-state index is 11.5. The van der Waals surface area contributed by atoms with Gasteiger partial charge in [-0.15, -0.1) is 0 Å². The second-order valence-corrected chi connectivity index (χ2v) is 5.07. The maximum Gasteiger partial charge on any atom is 0.326 e. The van der Waals surface area contributed by atoms with Crippen molar-refractivity contribution in [3.05, 3.63) is 39.6 Å². The van der Waals surface area contributed by atoms with E-state index in [2.05, 4.69) is 10.6 Å². The third kappa shape index (κ3) is 3.14. The van der Waals surface area contributed by atoms with E-state index >= 15 is 0 Å². The molecule has 9 nitrogen and oxygen atoms in total. The smallest absolute Gasteiger partial charge is 0.326 e. The first-order chi connectivity index (χ1) is 11.0. The highest BCUT2D eigenvalue weighted by Crippen LogP contribution is 2.30. The Morgan fingerprint density at radius 1 is 1.22 bits per heavy atom. The fourth-order valence-electron chi connectivity index (χ4n) is 2.50. The summed E-state index contributed by atoms with van der Waals surface area (Å²) in [5.41, 5.74) is 0.982. The number of hydrogen-bond acceptors (Lipinski definition) is 6. The molecule has 1 aromatic carbocycles. The summed E-state index contributed by atoms with van der Waals surface area (Å²) in [6.45, 7) is 2.21. The zero-order valence-electron chi connectivity index (χ0n) is 12.1. The van der Waals surface area contributed by atoms with Gasteiger partial charge >= 0.3 is 6.03 Å². The predicted octanol–water partition coefficient (Wildman–Crippen LogP) is 0.612. The fraction of sp³-hybridized carbons (Fsp3) is 0.286. The molecule has 2 heterocycles. The fourth-order valence-corrected chi connectivity index (χ4v) is 2.50. The molecule has 120 valence electrons. The molecule has 2 saturated heterocycles. The van der Waals surface area contributed by atoms with Crippen molar-refractivity contribution in [3.8, 4) is 0 Å². The van der Waals surface area contributed by atoms with Gasteiger partial charge in [-0.2, -0.15) is 0 Å². The lowest BCUT2D eigenvalue weighted by Crippen LogP contribution is -2.36. The lowest BCUT2D eigenvalue weighted by Gasteiger charge is -2.28. The number of urea groups is 1. The summed E-state index contributed by atoms with van der Waals surface area (Å²) in [6.07, 6.45) is 1.40. The number of imide groups is 1. The van der Waals surface area contributed by atoms with Crippen molar-refractivity contribution < 1.29 is 19.2 Å². The number of anilines is 1. The Morgan fingerprint density at radius 3 is 2.57 bits per heavy atom. The highest BCUT2D eigenvalue weighted by atomic mass is 16.6. The molecular formula is C14H14N4O5. The first-order valence-electron chi connectivity index (χ1n) is 7.00. The van der Waals surface area contributed by atoms with Gasteiger partial charge in [0, 0.05) is 19.2 Å². The van der Waals surface area contributed by atoms with E-state index in [9.17, 15) is 19.7 Å². The first-order valence-corrected chi connectivity index (χ1v) is 7.00. The van der Waals surface area contributed by atoms with Crippen molar-refractivity contribution in [3.63, 3.8) is 0 Å². The molecule has 2 fully saturated rings. The molecule has 3 amide bonds. The summed E-state index contributed by atoms with van der Waals surface area (Å²) < 4.78 is 5.25. The van der Waals surface area contributed by atoms with Crippen LogP contribution in [0.25, 0.3) is 6.08 Å². The molecule has 0 spiro atoms. The molecule has 0 radical (unpaired) electrons. The molecule has 2 aliphatic rings. The molecule has 0 aliphatic carbocycles. The normalized spacial score (nSPS) is 19.7. The second kappa shape index (κ2) is 6.05. The summed E-state index contributed by atoms with van der Waals surface area (Å²) in [7, 11) is 0. The van der Waals surface area contributed by atoms with Crippen LogP contribution in [0.2, 0.25) is 0 Å². The third-order valence-electron chi connectivity index (χ3n) is 3.58. The quantitative estimate of drug-likeness (QED) is 0.365. The highest BCUT2D eigenvalue weighted by molar-refractivity contribution is 6.14. The number of nitrogens with one attached hydrogen (secondary N) is 2. The Morgan fingerprint density at radius 2 is 1.96 bits per heavy atom. The molecule has 1 aromatic rings. The minimum Gasteiger partial charge on any atom is -0.378 e. The van der Waals surface area contributed by atoms with Crippen LogP contribution < -0.4 is 15.5 Å². The minimum absolute atomic E-state index is 0.0500. The Kier molecular flexibility index (Phi) is 3.94. The maximum atomic E-state index is 11.5. The Bertz CT molecular complexity index is 709. The number of hydrogen-bond donors (Lipinski definition) is 2. The first kappa shape index (κ1) is 15.0. The topological polar surface area (TPSA) is 114 Å². The van der Waals surface area contributed by atoms with Crippen LogP contribution in [-0.2, 0) is 9.53 Å². The monoisotopic (exact) mass is 318 g/mol. The molecule has 2 N–H and O–H groups in total. The molecule has 3 rings (SSSR count). The van der Waals surface area contributed by atoms with E-state index in [4.69, 9.17) is 4.74 Å². The molecule has 0 bridgehead atoms. The zero-order valence-corrected chi connectivity index (χ0v) is 12.1. The number of morpholine rings is 1. The van der Waals surface area contributed by atoms with Crippen LogP contribution in [0.4, 0.5) is 16.2 Å². The number of nitrogens with zero attached hydrogens (tertiary/aromatic N) is 2. The van der Waals surface area contributed by atoms with Crippen molar-refractivity contribution in [2.24, 2.45) is 0 Å². The number of nitro groups is 1. The third-order valence-corrected chi connectivity index (χ3v) is 3.58. The van der Waals surface area contributed by atoms with E-state index in [-0.39, 0.29) is 11.4 Å². The van der Waals surface area contributed by atoms with E-state index in [1.165, 1.54) is 12.1 Å². The van der Waals surface area contributed by atoms with Crippen molar-refractivity contribution in [1.82, 2.24) is 10.6 Å². The summed E-state index contributed by atoms with van der Waals surface area (Å²) in [5, 5.41) is 15.8. The van der Waals surface area contributed by atoms with E-state index < -0.39 is 16.9 Å². The van der Waals surface area contributed by atoms with Crippen LogP contribution in [0, 0.1) is 10.1 Å². The van der Waals surface area contributed by atoms with Gasteiger partial charge in [0.15, 0.2) is 0 Å². The minimum atomic E-state index is -0.610. The van der Waals surface area contributed by atoms with E-state index in [0.29, 0.717) is 37.6 Å². The van der Waals surface area contributed by atoms with Crippen molar-refractivity contribution in [2.45, 2.75) is 0 Å². The molecule has 2 aliphatic heterocycles. The number of amides is 3. The molecular weight excluding hydrogens is 304 g/mol. The summed E-state index contributed by atoms with van der Waals surface area (Å²) in [4.78, 5) is 35.4. The Balaban J connectivity index is 1.93. The van der Waals surface area contributed by atoms with Gasteiger partial charge in [0.1, 0.15) is 11.4 Å². The average Bonchev–Trinajstić information content (AvgIpc) is 2.85. The molecule has 0 aromatic heterocycles. The second-order valence-electron chi connectivity index (χ2n) is 5.07. The SMILES string of the molecule is O=C1NC(=O)/C(=C/c2ccc(N3CCOCC3)c([N+](=O)[O-])c2)N1. The number of carbonyl (C=O) groups is 2. The van der Waals surface area contributed by atoms with Crippen LogP contribution in [0.5, 0.6) is 0 Å². The van der Waals surface area contributed by atoms with Crippen LogP contribution in [-0.4, -0.2) is 43.2 Å². The van der Waals surface area contributed by atoms with Crippen molar-refractivity contribution in [1.29, 1.82) is 0 Å². The van der Waals surface area contributed by atoms with Crippen LogP contribution in [0.15, 0.2) is 23.9 Å². The zero-order chi connectivity index (χ0) is 16.4.